The second-order valence-electron chi connectivity index (χ2n) is 4.52. The van der Waals surface area contributed by atoms with Crippen LogP contribution in [-0.4, -0.2) is 58.1 Å². The summed E-state index contributed by atoms with van der Waals surface area (Å²) in [4.78, 5) is 35.5. The maximum Gasteiger partial charge on any atom is 0.323 e. The summed E-state index contributed by atoms with van der Waals surface area (Å²) in [5.74, 6) is -1.53. The third kappa shape index (κ3) is 2.66. The Morgan fingerprint density at radius 3 is 2.61 bits per heavy atom. The smallest absolute Gasteiger partial charge is 0.323 e. The lowest BCUT2D eigenvalue weighted by atomic mass is 10.1. The molecule has 0 aromatic heterocycles. The van der Waals surface area contributed by atoms with Gasteiger partial charge in [-0.3, -0.25) is 14.4 Å². The minimum absolute atomic E-state index is 0.0132. The van der Waals surface area contributed by atoms with E-state index in [2.05, 4.69) is 5.10 Å². The molecule has 2 amide bonds. The highest BCUT2D eigenvalue weighted by Gasteiger charge is 2.36. The Hall–Kier alpha value is -1.92. The predicted molar refractivity (Wildman–Crippen MR) is 61.8 cm³/mol. The summed E-state index contributed by atoms with van der Waals surface area (Å²) in [5, 5.41) is 13.9. The van der Waals surface area contributed by atoms with E-state index in [1.807, 2.05) is 0 Å². The molecule has 18 heavy (non-hydrogen) atoms. The molecule has 0 radical (unpaired) electrons. The summed E-state index contributed by atoms with van der Waals surface area (Å²) in [5.41, 5.74) is 0.269. The molecule has 0 bridgehead atoms. The van der Waals surface area contributed by atoms with Gasteiger partial charge in [0.25, 0.3) is 5.91 Å². The van der Waals surface area contributed by atoms with E-state index < -0.39 is 5.97 Å². The van der Waals surface area contributed by atoms with Crippen molar-refractivity contribution >= 4 is 23.5 Å². The fourth-order valence-corrected chi connectivity index (χ4v) is 1.89. The van der Waals surface area contributed by atoms with E-state index in [0.29, 0.717) is 0 Å². The van der Waals surface area contributed by atoms with E-state index in [4.69, 9.17) is 5.11 Å². The van der Waals surface area contributed by atoms with Gasteiger partial charge in [0.1, 0.15) is 12.3 Å². The second-order valence-corrected chi connectivity index (χ2v) is 4.52. The Morgan fingerprint density at radius 1 is 1.44 bits per heavy atom. The SMILES string of the molecule is CN1N=C(C(=O)N(CC(=O)O)C2CC2)CCC1=O. The molecule has 7 heteroatoms. The van der Waals surface area contributed by atoms with Crippen molar-refractivity contribution in [1.82, 2.24) is 9.91 Å². The van der Waals surface area contributed by atoms with Crippen molar-refractivity contribution in [2.24, 2.45) is 5.10 Å². The molecule has 1 N–H and O–H groups in total. The monoisotopic (exact) mass is 253 g/mol. The summed E-state index contributed by atoms with van der Waals surface area (Å²) in [6.07, 6.45) is 2.19. The number of hydrogen-bond donors (Lipinski definition) is 1. The van der Waals surface area contributed by atoms with E-state index >= 15 is 0 Å². The molecule has 0 aromatic rings. The molecule has 1 saturated carbocycles. The lowest BCUT2D eigenvalue weighted by Crippen LogP contribution is -2.44. The second kappa shape index (κ2) is 4.75. The third-order valence-electron chi connectivity index (χ3n) is 3.01. The number of amides is 2. The Kier molecular flexibility index (Phi) is 3.31. The Balaban J connectivity index is 2.11. The number of hydrazone groups is 1. The number of rotatable bonds is 4. The first kappa shape index (κ1) is 12.5. The number of nitrogens with zero attached hydrogens (tertiary/aromatic N) is 3. The van der Waals surface area contributed by atoms with Crippen LogP contribution < -0.4 is 0 Å². The lowest BCUT2D eigenvalue weighted by molar-refractivity contribution is -0.142. The van der Waals surface area contributed by atoms with Crippen LogP contribution in [0.3, 0.4) is 0 Å². The molecular weight excluding hydrogens is 238 g/mol. The summed E-state index contributed by atoms with van der Waals surface area (Å²) in [7, 11) is 1.49. The van der Waals surface area contributed by atoms with Crippen LogP contribution in [0.2, 0.25) is 0 Å². The highest BCUT2D eigenvalue weighted by Crippen LogP contribution is 2.27. The molecule has 0 unspecified atom stereocenters. The highest BCUT2D eigenvalue weighted by molar-refractivity contribution is 6.39. The molecule has 1 aliphatic heterocycles. The van der Waals surface area contributed by atoms with E-state index in [0.717, 1.165) is 17.9 Å². The maximum absolute atomic E-state index is 12.2. The van der Waals surface area contributed by atoms with Crippen molar-refractivity contribution in [2.75, 3.05) is 13.6 Å². The van der Waals surface area contributed by atoms with Gasteiger partial charge in [-0.25, -0.2) is 5.01 Å². The van der Waals surface area contributed by atoms with Gasteiger partial charge in [0.15, 0.2) is 0 Å². The first-order valence-corrected chi connectivity index (χ1v) is 5.86. The highest BCUT2D eigenvalue weighted by atomic mass is 16.4. The van der Waals surface area contributed by atoms with Gasteiger partial charge in [-0.1, -0.05) is 0 Å². The number of aliphatic carboxylic acids is 1. The zero-order chi connectivity index (χ0) is 13.3. The normalized spacial score (nSPS) is 19.5. The van der Waals surface area contributed by atoms with Crippen molar-refractivity contribution < 1.29 is 19.5 Å². The predicted octanol–water partition coefficient (Wildman–Crippen LogP) is -0.330. The summed E-state index contributed by atoms with van der Waals surface area (Å²) in [6.45, 7) is -0.305. The Bertz CT molecular complexity index is 428. The molecule has 98 valence electrons. The van der Waals surface area contributed by atoms with Gasteiger partial charge < -0.3 is 10.0 Å². The zero-order valence-electron chi connectivity index (χ0n) is 10.1. The van der Waals surface area contributed by atoms with Gasteiger partial charge in [-0.05, 0) is 12.8 Å². The molecule has 0 atom stereocenters. The Morgan fingerprint density at radius 2 is 2.11 bits per heavy atom. The number of hydrogen-bond acceptors (Lipinski definition) is 4. The number of carbonyl (C=O) groups excluding carboxylic acids is 2. The standard InChI is InChI=1S/C11H15N3O4/c1-13-9(15)5-4-8(12-13)11(18)14(6-10(16)17)7-2-3-7/h7H,2-6H2,1H3,(H,16,17). The van der Waals surface area contributed by atoms with Crippen molar-refractivity contribution in [3.63, 3.8) is 0 Å². The topological polar surface area (TPSA) is 90.3 Å². The molecule has 1 aliphatic carbocycles. The van der Waals surface area contributed by atoms with Gasteiger partial charge in [-0.15, -0.1) is 0 Å². The van der Waals surface area contributed by atoms with E-state index in [1.165, 1.54) is 11.9 Å². The van der Waals surface area contributed by atoms with Crippen LogP contribution in [0.1, 0.15) is 25.7 Å². The lowest BCUT2D eigenvalue weighted by Gasteiger charge is -2.24. The van der Waals surface area contributed by atoms with Crippen LogP contribution in [-0.2, 0) is 14.4 Å². The Labute approximate surface area is 104 Å². The number of carboxylic acid groups (broad SMARTS) is 1. The van der Waals surface area contributed by atoms with E-state index in [-0.39, 0.29) is 43.0 Å². The van der Waals surface area contributed by atoms with Crippen LogP contribution in [0.5, 0.6) is 0 Å². The van der Waals surface area contributed by atoms with Gasteiger partial charge in [0.05, 0.1) is 0 Å². The average molecular weight is 253 g/mol. The van der Waals surface area contributed by atoms with Gasteiger partial charge in [-0.2, -0.15) is 5.10 Å². The molecule has 0 aromatic carbocycles. The molecular formula is C11H15N3O4. The fraction of sp³-hybridized carbons (Fsp3) is 0.636. The van der Waals surface area contributed by atoms with Crippen LogP contribution >= 0.6 is 0 Å². The van der Waals surface area contributed by atoms with Gasteiger partial charge in [0, 0.05) is 25.9 Å². The molecule has 0 saturated heterocycles. The number of carboxylic acids is 1. The van der Waals surface area contributed by atoms with E-state index in [9.17, 15) is 14.4 Å². The van der Waals surface area contributed by atoms with Crippen molar-refractivity contribution in [2.45, 2.75) is 31.7 Å². The first-order chi connectivity index (χ1) is 8.49. The largest absolute Gasteiger partial charge is 0.480 e. The summed E-state index contributed by atoms with van der Waals surface area (Å²) < 4.78 is 0. The van der Waals surface area contributed by atoms with Crippen LogP contribution in [0, 0.1) is 0 Å². The molecule has 2 rings (SSSR count). The summed E-state index contributed by atoms with van der Waals surface area (Å²) in [6, 6.07) is 0.0132. The van der Waals surface area contributed by atoms with Crippen LogP contribution in [0.4, 0.5) is 0 Å². The zero-order valence-corrected chi connectivity index (χ0v) is 10.1. The van der Waals surface area contributed by atoms with Crippen LogP contribution in [0.25, 0.3) is 0 Å². The van der Waals surface area contributed by atoms with Crippen molar-refractivity contribution in [3.05, 3.63) is 0 Å². The van der Waals surface area contributed by atoms with Crippen LogP contribution in [0.15, 0.2) is 5.10 Å². The first-order valence-electron chi connectivity index (χ1n) is 5.86. The van der Waals surface area contributed by atoms with Crippen molar-refractivity contribution in [1.29, 1.82) is 0 Å². The molecule has 0 spiro atoms. The average Bonchev–Trinajstić information content (AvgIpc) is 3.12. The maximum atomic E-state index is 12.2. The molecule has 7 nitrogen and oxygen atoms in total. The minimum Gasteiger partial charge on any atom is -0.480 e. The van der Waals surface area contributed by atoms with E-state index in [1.54, 1.807) is 0 Å². The fourth-order valence-electron chi connectivity index (χ4n) is 1.89. The third-order valence-corrected chi connectivity index (χ3v) is 3.01. The molecule has 1 heterocycles. The summed E-state index contributed by atoms with van der Waals surface area (Å²) >= 11 is 0. The van der Waals surface area contributed by atoms with Gasteiger partial charge in [0.2, 0.25) is 5.91 Å². The minimum atomic E-state index is -1.03. The molecule has 1 fully saturated rings. The van der Waals surface area contributed by atoms with Gasteiger partial charge >= 0.3 is 5.97 Å². The number of carbonyl (C=O) groups is 3. The quantitative estimate of drug-likeness (QED) is 0.742. The molecule has 2 aliphatic rings. The van der Waals surface area contributed by atoms with Crippen molar-refractivity contribution in [3.8, 4) is 0 Å².